The first-order valence-corrected chi connectivity index (χ1v) is 19.9. The number of benzene rings is 9. The predicted octanol–water partition coefficient (Wildman–Crippen LogP) is 14.7. The monoisotopic (exact) mass is 753 g/mol. The van der Waals surface area contributed by atoms with Crippen LogP contribution in [0.25, 0.3) is 126 Å². The number of rotatable bonds is 4. The summed E-state index contributed by atoms with van der Waals surface area (Å²) in [7, 11) is 0. The van der Waals surface area contributed by atoms with Crippen molar-refractivity contribution in [1.29, 1.82) is 0 Å². The van der Waals surface area contributed by atoms with Crippen LogP contribution < -0.4 is 5.56 Å². The Morgan fingerprint density at radius 3 is 1.41 bits per heavy atom. The predicted molar refractivity (Wildman–Crippen MR) is 244 cm³/mol. The second-order valence-electron chi connectivity index (χ2n) is 15.6. The summed E-state index contributed by atoms with van der Waals surface area (Å²) in [5, 5.41) is 9.27. The Morgan fingerprint density at radius 2 is 0.780 bits per heavy atom. The summed E-state index contributed by atoms with van der Waals surface area (Å²) in [5.74, 6) is 0. The van der Waals surface area contributed by atoms with Gasteiger partial charge in [0, 0.05) is 43.1 Å². The highest BCUT2D eigenvalue weighted by Crippen LogP contribution is 2.43. The van der Waals surface area contributed by atoms with E-state index in [1.807, 2.05) is 59.0 Å². The zero-order valence-corrected chi connectivity index (χ0v) is 31.6. The molecule has 0 atom stereocenters. The second-order valence-corrected chi connectivity index (χ2v) is 15.6. The maximum absolute atomic E-state index is 14.4. The van der Waals surface area contributed by atoms with Crippen molar-refractivity contribution in [1.82, 2.24) is 4.40 Å². The van der Waals surface area contributed by atoms with E-state index in [-0.39, 0.29) is 5.56 Å². The molecule has 0 fully saturated rings. The van der Waals surface area contributed by atoms with E-state index in [0.717, 1.165) is 121 Å². The molecule has 274 valence electrons. The van der Waals surface area contributed by atoms with Gasteiger partial charge in [-0.25, -0.2) is 0 Å². The number of aromatic nitrogens is 1. The Balaban J connectivity index is 1.02. The average Bonchev–Trinajstić information content (AvgIpc) is 3.98. The van der Waals surface area contributed by atoms with Gasteiger partial charge in [0.15, 0.2) is 0 Å². The fourth-order valence-corrected chi connectivity index (χ4v) is 9.70. The highest BCUT2D eigenvalue weighted by Gasteiger charge is 2.21. The van der Waals surface area contributed by atoms with Crippen molar-refractivity contribution in [3.05, 3.63) is 198 Å². The van der Waals surface area contributed by atoms with Gasteiger partial charge in [-0.2, -0.15) is 0 Å². The molecule has 0 aliphatic heterocycles. The lowest BCUT2D eigenvalue weighted by Crippen LogP contribution is -2.12. The zero-order valence-electron chi connectivity index (χ0n) is 31.6. The van der Waals surface area contributed by atoms with Gasteiger partial charge in [-0.05, 0) is 117 Å². The van der Waals surface area contributed by atoms with E-state index >= 15 is 0 Å². The fraction of sp³-hybridized carbons (Fsp3) is 0. The van der Waals surface area contributed by atoms with E-state index in [2.05, 4.69) is 133 Å². The van der Waals surface area contributed by atoms with Gasteiger partial charge >= 0.3 is 0 Å². The molecule has 59 heavy (non-hydrogen) atoms. The lowest BCUT2D eigenvalue weighted by Gasteiger charge is -2.11. The molecule has 4 heterocycles. The van der Waals surface area contributed by atoms with Crippen molar-refractivity contribution < 1.29 is 8.83 Å². The summed E-state index contributed by atoms with van der Waals surface area (Å²) in [6.45, 7) is 0. The highest BCUT2D eigenvalue weighted by atomic mass is 16.3. The van der Waals surface area contributed by atoms with E-state index in [0.29, 0.717) is 5.39 Å². The summed E-state index contributed by atoms with van der Waals surface area (Å²) >= 11 is 0. The van der Waals surface area contributed by atoms with E-state index in [9.17, 15) is 4.79 Å². The minimum absolute atomic E-state index is 0.00142. The number of pyridine rings is 1. The van der Waals surface area contributed by atoms with Crippen molar-refractivity contribution in [2.24, 2.45) is 0 Å². The van der Waals surface area contributed by atoms with Gasteiger partial charge in [0.05, 0.1) is 11.0 Å². The van der Waals surface area contributed by atoms with Crippen molar-refractivity contribution in [3.8, 4) is 44.5 Å². The van der Waals surface area contributed by atoms with Crippen LogP contribution in [0.15, 0.2) is 202 Å². The Morgan fingerprint density at radius 1 is 0.322 bits per heavy atom. The Hall–Kier alpha value is -7.95. The molecule has 0 N–H and O–H groups in total. The molecule has 4 aromatic heterocycles. The molecule has 0 radical (unpaired) electrons. The average molecular weight is 754 g/mol. The summed E-state index contributed by atoms with van der Waals surface area (Å²) < 4.78 is 14.4. The number of para-hydroxylation sites is 2. The van der Waals surface area contributed by atoms with Gasteiger partial charge in [-0.3, -0.25) is 9.20 Å². The first-order chi connectivity index (χ1) is 29.2. The van der Waals surface area contributed by atoms with Gasteiger partial charge < -0.3 is 8.83 Å². The van der Waals surface area contributed by atoms with Crippen molar-refractivity contribution >= 4 is 81.8 Å². The zero-order chi connectivity index (χ0) is 38.8. The summed E-state index contributed by atoms with van der Waals surface area (Å²) in [6, 6.07) is 65.6. The summed E-state index contributed by atoms with van der Waals surface area (Å²) in [5.41, 5.74) is 14.3. The SMILES string of the molecule is O=c1c2ccccc2c2cc(-c3cccc(-c4cccc5oc6ccccc6c45)c3)cc3c4cc(-c5cccc(-c6cccc7oc8ccccc8c67)c5)ccc4n1c23. The number of nitrogens with zero attached hydrogens (tertiary/aromatic N) is 1. The smallest absolute Gasteiger partial charge is 0.263 e. The van der Waals surface area contributed by atoms with Crippen LogP contribution in [0.4, 0.5) is 0 Å². The second kappa shape index (κ2) is 12.0. The minimum atomic E-state index is -0.00142. The molecule has 0 amide bonds. The van der Waals surface area contributed by atoms with Crippen LogP contribution in [-0.2, 0) is 0 Å². The first-order valence-electron chi connectivity index (χ1n) is 19.9. The molecular weight excluding hydrogens is 723 g/mol. The molecule has 0 saturated heterocycles. The third-order valence-electron chi connectivity index (χ3n) is 12.3. The molecule has 0 spiro atoms. The Bertz CT molecular complexity index is 3940. The first kappa shape index (κ1) is 32.2. The van der Waals surface area contributed by atoms with Crippen molar-refractivity contribution in [2.75, 3.05) is 0 Å². The molecule has 9 aromatic carbocycles. The van der Waals surface area contributed by atoms with Crippen LogP contribution >= 0.6 is 0 Å². The lowest BCUT2D eigenvalue weighted by molar-refractivity contribution is 0.668. The van der Waals surface area contributed by atoms with Crippen LogP contribution in [0.5, 0.6) is 0 Å². The Kier molecular flexibility index (Phi) is 6.56. The van der Waals surface area contributed by atoms with Gasteiger partial charge in [0.2, 0.25) is 0 Å². The molecule has 0 unspecified atom stereocenters. The van der Waals surface area contributed by atoms with Crippen LogP contribution in [-0.4, -0.2) is 4.40 Å². The number of hydrogen-bond acceptors (Lipinski definition) is 3. The van der Waals surface area contributed by atoms with Crippen LogP contribution in [0.2, 0.25) is 0 Å². The molecule has 4 heteroatoms. The number of fused-ring (bicyclic) bond motifs is 11. The van der Waals surface area contributed by atoms with Crippen LogP contribution in [0, 0.1) is 0 Å². The molecule has 0 bridgehead atoms. The topological polar surface area (TPSA) is 47.8 Å². The van der Waals surface area contributed by atoms with Gasteiger partial charge in [-0.15, -0.1) is 0 Å². The van der Waals surface area contributed by atoms with E-state index in [1.165, 1.54) is 0 Å². The third kappa shape index (κ3) is 4.63. The van der Waals surface area contributed by atoms with E-state index in [1.54, 1.807) is 0 Å². The molecule has 0 saturated carbocycles. The van der Waals surface area contributed by atoms with Crippen LogP contribution in [0.1, 0.15) is 0 Å². The lowest BCUT2D eigenvalue weighted by atomic mass is 9.93. The third-order valence-corrected chi connectivity index (χ3v) is 12.3. The fourth-order valence-electron chi connectivity index (χ4n) is 9.70. The molecule has 13 aromatic rings. The molecule has 0 aliphatic carbocycles. The molecule has 13 rings (SSSR count). The maximum Gasteiger partial charge on any atom is 0.263 e. The molecular formula is C55H31NO3. The van der Waals surface area contributed by atoms with Gasteiger partial charge in [-0.1, -0.05) is 121 Å². The summed E-state index contributed by atoms with van der Waals surface area (Å²) in [4.78, 5) is 14.4. The minimum Gasteiger partial charge on any atom is -0.456 e. The number of hydrogen-bond donors (Lipinski definition) is 0. The van der Waals surface area contributed by atoms with E-state index in [4.69, 9.17) is 8.83 Å². The Labute approximate surface area is 336 Å². The quantitative estimate of drug-likeness (QED) is 0.168. The van der Waals surface area contributed by atoms with Crippen molar-refractivity contribution in [3.63, 3.8) is 0 Å². The standard InChI is InChI=1S/C55H31NO3/c57-55-41-16-2-1-15-40(41)45-30-37(33-12-8-14-36(28-33)39-20-10-24-51-53(39)43-18-4-6-22-49(43)59-51)31-46-44-29-34(25-26-47(44)56(55)54(45)46)32-11-7-13-35(27-32)38-19-9-23-50-52(38)42-17-3-5-21-48(42)58-50/h1-31H. The largest absolute Gasteiger partial charge is 0.456 e. The van der Waals surface area contributed by atoms with Gasteiger partial charge in [0.1, 0.15) is 22.3 Å². The van der Waals surface area contributed by atoms with Crippen LogP contribution in [0.3, 0.4) is 0 Å². The molecule has 0 aliphatic rings. The van der Waals surface area contributed by atoms with Crippen molar-refractivity contribution in [2.45, 2.75) is 0 Å². The normalized spacial score (nSPS) is 12.1. The van der Waals surface area contributed by atoms with E-state index < -0.39 is 0 Å². The maximum atomic E-state index is 14.4. The number of furan rings is 2. The summed E-state index contributed by atoms with van der Waals surface area (Å²) in [6.07, 6.45) is 0. The highest BCUT2D eigenvalue weighted by molar-refractivity contribution is 6.22. The van der Waals surface area contributed by atoms with Gasteiger partial charge in [0.25, 0.3) is 5.56 Å². The molecule has 4 nitrogen and oxygen atoms in total.